The highest BCUT2D eigenvalue weighted by Crippen LogP contribution is 2.39. The molecule has 0 spiro atoms. The van der Waals surface area contributed by atoms with Crippen LogP contribution in [0.3, 0.4) is 0 Å². The molecule has 0 fully saturated rings. The first-order valence-electron chi connectivity index (χ1n) is 14.3. The molecule has 3 aromatic carbocycles. The Morgan fingerprint density at radius 2 is 1.66 bits per heavy atom. The molecule has 1 atom stereocenters. The second-order valence-corrected chi connectivity index (χ2v) is 10.1. The van der Waals surface area contributed by atoms with Crippen molar-refractivity contribution >= 4 is 11.7 Å². The third-order valence-corrected chi connectivity index (χ3v) is 7.70. The van der Waals surface area contributed by atoms with Gasteiger partial charge in [0, 0.05) is 11.8 Å². The van der Waals surface area contributed by atoms with Crippen LogP contribution in [0.1, 0.15) is 54.9 Å². The van der Waals surface area contributed by atoms with Gasteiger partial charge in [-0.1, -0.05) is 68.4 Å². The second kappa shape index (κ2) is 11.4. The molecule has 1 aliphatic heterocycles. The van der Waals surface area contributed by atoms with Gasteiger partial charge in [0.1, 0.15) is 11.6 Å². The van der Waals surface area contributed by atoms with Crippen molar-refractivity contribution in [2.45, 2.75) is 46.2 Å². The SMILES string of the molecule is CCOc1ccccc1NC(=O)N1Cc2c(CC)nn(-c3ccccc3)c2-n2cccc2[C@H]1c1ccc(CC)cc1. The highest BCUT2D eigenvalue weighted by atomic mass is 16.5. The number of carbonyl (C=O) groups excluding carboxylic acids is 1. The average Bonchev–Trinajstić information content (AvgIpc) is 3.60. The van der Waals surface area contributed by atoms with Crippen LogP contribution in [0.15, 0.2) is 97.2 Å². The zero-order chi connectivity index (χ0) is 28.3. The molecule has 0 unspecified atom stereocenters. The minimum absolute atomic E-state index is 0.197. The van der Waals surface area contributed by atoms with E-state index < -0.39 is 0 Å². The number of aromatic nitrogens is 3. The molecule has 1 aliphatic rings. The summed E-state index contributed by atoms with van der Waals surface area (Å²) in [4.78, 5) is 16.3. The van der Waals surface area contributed by atoms with E-state index in [0.717, 1.165) is 46.9 Å². The average molecular weight is 546 g/mol. The Bertz CT molecular complexity index is 1650. The van der Waals surface area contributed by atoms with Gasteiger partial charge in [0.25, 0.3) is 0 Å². The lowest BCUT2D eigenvalue weighted by Gasteiger charge is -2.31. The van der Waals surface area contributed by atoms with E-state index in [9.17, 15) is 4.79 Å². The minimum atomic E-state index is -0.323. The molecule has 0 saturated heterocycles. The molecule has 6 rings (SSSR count). The highest BCUT2D eigenvalue weighted by molar-refractivity contribution is 5.91. The topological polar surface area (TPSA) is 64.3 Å². The van der Waals surface area contributed by atoms with Gasteiger partial charge >= 0.3 is 6.03 Å². The van der Waals surface area contributed by atoms with Crippen molar-refractivity contribution in [2.75, 3.05) is 11.9 Å². The maximum Gasteiger partial charge on any atom is 0.323 e. The largest absolute Gasteiger partial charge is 0.492 e. The summed E-state index contributed by atoms with van der Waals surface area (Å²) < 4.78 is 10.0. The zero-order valence-corrected chi connectivity index (χ0v) is 23.7. The van der Waals surface area contributed by atoms with Crippen molar-refractivity contribution in [3.8, 4) is 17.3 Å². The van der Waals surface area contributed by atoms with Crippen LogP contribution in [-0.2, 0) is 19.4 Å². The molecular formula is C34H35N5O2. The summed E-state index contributed by atoms with van der Waals surface area (Å²) in [6, 6.07) is 30.0. The fourth-order valence-electron chi connectivity index (χ4n) is 5.67. The third kappa shape index (κ3) is 4.88. The number of rotatable bonds is 7. The monoisotopic (exact) mass is 545 g/mol. The quantitative estimate of drug-likeness (QED) is 0.233. The summed E-state index contributed by atoms with van der Waals surface area (Å²) in [5.41, 5.74) is 6.95. The minimum Gasteiger partial charge on any atom is -0.492 e. The molecule has 1 N–H and O–H groups in total. The number of anilines is 1. The summed E-state index contributed by atoms with van der Waals surface area (Å²) in [5, 5.41) is 8.23. The molecule has 0 saturated carbocycles. The maximum atomic E-state index is 14.3. The van der Waals surface area contributed by atoms with E-state index in [2.05, 4.69) is 72.4 Å². The number of benzene rings is 3. The van der Waals surface area contributed by atoms with Crippen LogP contribution in [0, 0.1) is 0 Å². The third-order valence-electron chi connectivity index (χ3n) is 7.70. The predicted molar refractivity (Wildman–Crippen MR) is 162 cm³/mol. The first-order valence-corrected chi connectivity index (χ1v) is 14.3. The van der Waals surface area contributed by atoms with E-state index >= 15 is 0 Å². The van der Waals surface area contributed by atoms with Gasteiger partial charge in [-0.15, -0.1) is 0 Å². The lowest BCUT2D eigenvalue weighted by molar-refractivity contribution is 0.194. The highest BCUT2D eigenvalue weighted by Gasteiger charge is 2.36. The van der Waals surface area contributed by atoms with Crippen LogP contribution in [-0.4, -0.2) is 31.9 Å². The van der Waals surface area contributed by atoms with Gasteiger partial charge in [0.05, 0.1) is 42.0 Å². The normalized spacial score (nSPS) is 14.2. The molecule has 0 radical (unpaired) electrons. The molecule has 2 aromatic heterocycles. The van der Waals surface area contributed by atoms with Crippen molar-refractivity contribution in [2.24, 2.45) is 0 Å². The molecule has 2 amide bonds. The van der Waals surface area contributed by atoms with E-state index in [1.165, 1.54) is 5.56 Å². The molecule has 41 heavy (non-hydrogen) atoms. The molecule has 5 aromatic rings. The fourth-order valence-corrected chi connectivity index (χ4v) is 5.67. The second-order valence-electron chi connectivity index (χ2n) is 10.1. The van der Waals surface area contributed by atoms with Crippen LogP contribution in [0.25, 0.3) is 11.5 Å². The predicted octanol–water partition coefficient (Wildman–Crippen LogP) is 7.32. The number of nitrogens with zero attached hydrogens (tertiary/aromatic N) is 4. The Labute approximate surface area is 241 Å². The molecule has 208 valence electrons. The summed E-state index contributed by atoms with van der Waals surface area (Å²) in [6.45, 7) is 7.12. The van der Waals surface area contributed by atoms with Crippen molar-refractivity contribution in [1.82, 2.24) is 19.2 Å². The summed E-state index contributed by atoms with van der Waals surface area (Å²) in [6.07, 6.45) is 3.78. The number of hydrogen-bond donors (Lipinski definition) is 1. The van der Waals surface area contributed by atoms with Crippen LogP contribution in [0.2, 0.25) is 0 Å². The Kier molecular flexibility index (Phi) is 7.33. The van der Waals surface area contributed by atoms with Crippen LogP contribution in [0.4, 0.5) is 10.5 Å². The van der Waals surface area contributed by atoms with Crippen molar-refractivity contribution in [1.29, 1.82) is 0 Å². The number of urea groups is 1. The standard InChI is InChI=1S/C34H35N5O2/c1-4-24-18-20-25(21-19-24)32-30-16-12-22-37(30)33-27(28(5-2)36-39(33)26-13-8-7-9-14-26)23-38(32)34(40)35-29-15-10-11-17-31(29)41-6-3/h7-22,32H,4-6,23H2,1-3H3,(H,35,40)/t32-/m1/s1. The van der Waals surface area contributed by atoms with E-state index in [-0.39, 0.29) is 12.1 Å². The Morgan fingerprint density at radius 1 is 0.902 bits per heavy atom. The Balaban J connectivity index is 1.53. The van der Waals surface area contributed by atoms with Crippen LogP contribution in [0.5, 0.6) is 5.75 Å². The molecule has 7 heteroatoms. The number of hydrogen-bond acceptors (Lipinski definition) is 3. The number of nitrogens with one attached hydrogen (secondary N) is 1. The first-order chi connectivity index (χ1) is 20.1. The number of aryl methyl sites for hydroxylation is 2. The maximum absolute atomic E-state index is 14.3. The first kappa shape index (κ1) is 26.4. The summed E-state index contributed by atoms with van der Waals surface area (Å²) in [7, 11) is 0. The van der Waals surface area contributed by atoms with Crippen molar-refractivity contribution in [3.63, 3.8) is 0 Å². The summed E-state index contributed by atoms with van der Waals surface area (Å²) in [5.74, 6) is 1.62. The van der Waals surface area contributed by atoms with Gasteiger partial charge in [0.15, 0.2) is 0 Å². The zero-order valence-electron chi connectivity index (χ0n) is 23.7. The lowest BCUT2D eigenvalue weighted by atomic mass is 9.99. The molecule has 3 heterocycles. The molecule has 7 nitrogen and oxygen atoms in total. The molecule has 0 aliphatic carbocycles. The Hall–Kier alpha value is -4.78. The number of carbonyl (C=O) groups is 1. The number of fused-ring (bicyclic) bond motifs is 3. The van der Waals surface area contributed by atoms with Crippen molar-refractivity contribution in [3.05, 3.63) is 125 Å². The van der Waals surface area contributed by atoms with Crippen LogP contribution >= 0.6 is 0 Å². The van der Waals surface area contributed by atoms with E-state index in [1.54, 1.807) is 0 Å². The van der Waals surface area contributed by atoms with Gasteiger partial charge in [-0.05, 0) is 67.3 Å². The fraction of sp³-hybridized carbons (Fsp3) is 0.235. The van der Waals surface area contributed by atoms with Crippen LogP contribution < -0.4 is 10.1 Å². The van der Waals surface area contributed by atoms with E-state index in [4.69, 9.17) is 9.84 Å². The van der Waals surface area contributed by atoms with E-state index in [0.29, 0.717) is 24.6 Å². The smallest absolute Gasteiger partial charge is 0.323 e. The van der Waals surface area contributed by atoms with Gasteiger partial charge in [0.2, 0.25) is 0 Å². The lowest BCUT2D eigenvalue weighted by Crippen LogP contribution is -2.38. The van der Waals surface area contributed by atoms with E-state index in [1.807, 2.05) is 65.0 Å². The molecule has 0 bridgehead atoms. The number of amides is 2. The van der Waals surface area contributed by atoms with Crippen molar-refractivity contribution < 1.29 is 9.53 Å². The molecular weight excluding hydrogens is 510 g/mol. The number of para-hydroxylation sites is 3. The van der Waals surface area contributed by atoms with Gasteiger partial charge < -0.3 is 19.5 Å². The summed E-state index contributed by atoms with van der Waals surface area (Å²) >= 11 is 0. The van der Waals surface area contributed by atoms with Gasteiger partial charge in [-0.25, -0.2) is 9.48 Å². The number of ether oxygens (including phenoxy) is 1. The Morgan fingerprint density at radius 3 is 2.39 bits per heavy atom. The van der Waals surface area contributed by atoms with Gasteiger partial charge in [-0.2, -0.15) is 5.10 Å². The van der Waals surface area contributed by atoms with Gasteiger partial charge in [-0.3, -0.25) is 0 Å².